The third-order valence-corrected chi connectivity index (χ3v) is 3.97. The molecule has 108 valence electrons. The van der Waals surface area contributed by atoms with Gasteiger partial charge in [0, 0.05) is 0 Å². The maximum absolute atomic E-state index is 10.2. The zero-order valence-electron chi connectivity index (χ0n) is 11.8. The lowest BCUT2D eigenvalue weighted by molar-refractivity contribution is -0.185. The standard InChI is InChI=1S/C12H19N3O2S.ClH/c1-8-10(14-18-13-8)17-7-9-6-11(2,3)15(16)12(9,4)5;/h6,16H,7H2,1-5H3;1H. The monoisotopic (exact) mass is 305 g/mol. The molecule has 0 aromatic carbocycles. The highest BCUT2D eigenvalue weighted by Crippen LogP contribution is 2.38. The molecule has 1 aliphatic rings. The van der Waals surface area contributed by atoms with Crippen LogP contribution in [-0.2, 0) is 0 Å². The van der Waals surface area contributed by atoms with Crippen molar-refractivity contribution in [2.24, 2.45) is 0 Å². The van der Waals surface area contributed by atoms with E-state index >= 15 is 0 Å². The van der Waals surface area contributed by atoms with E-state index in [1.54, 1.807) is 0 Å². The van der Waals surface area contributed by atoms with Crippen LogP contribution >= 0.6 is 24.1 Å². The molecule has 1 N–H and O–H groups in total. The van der Waals surface area contributed by atoms with Crippen LogP contribution in [0.2, 0.25) is 0 Å². The van der Waals surface area contributed by atoms with Crippen LogP contribution in [0, 0.1) is 6.92 Å². The molecule has 0 spiro atoms. The average Bonchev–Trinajstić information content (AvgIpc) is 2.73. The Labute approximate surface area is 124 Å². The van der Waals surface area contributed by atoms with E-state index in [1.807, 2.05) is 40.7 Å². The summed E-state index contributed by atoms with van der Waals surface area (Å²) in [6.45, 7) is 10.2. The second kappa shape index (κ2) is 5.36. The van der Waals surface area contributed by atoms with Crippen LogP contribution in [0.15, 0.2) is 11.6 Å². The number of nitrogens with zero attached hydrogens (tertiary/aromatic N) is 3. The van der Waals surface area contributed by atoms with Gasteiger partial charge in [-0.25, -0.2) is 0 Å². The van der Waals surface area contributed by atoms with Gasteiger partial charge in [0.05, 0.1) is 22.8 Å². The van der Waals surface area contributed by atoms with Gasteiger partial charge >= 0.3 is 0 Å². The number of ether oxygens (including phenoxy) is 1. The van der Waals surface area contributed by atoms with Crippen molar-refractivity contribution in [3.05, 3.63) is 17.3 Å². The van der Waals surface area contributed by atoms with Gasteiger partial charge < -0.3 is 9.94 Å². The average molecular weight is 306 g/mol. The van der Waals surface area contributed by atoms with Crippen LogP contribution in [0.25, 0.3) is 0 Å². The van der Waals surface area contributed by atoms with Gasteiger partial charge in [0.15, 0.2) is 0 Å². The highest BCUT2D eigenvalue weighted by molar-refractivity contribution is 6.99. The Morgan fingerprint density at radius 1 is 1.32 bits per heavy atom. The Morgan fingerprint density at radius 3 is 2.37 bits per heavy atom. The Morgan fingerprint density at radius 2 is 1.95 bits per heavy atom. The van der Waals surface area contributed by atoms with Crippen molar-refractivity contribution >= 4 is 24.1 Å². The fraction of sp³-hybridized carbons (Fsp3) is 0.667. The molecule has 1 aromatic heterocycles. The Hall–Kier alpha value is -0.690. The van der Waals surface area contributed by atoms with Crippen molar-refractivity contribution < 1.29 is 9.94 Å². The molecule has 0 bridgehead atoms. The third kappa shape index (κ3) is 2.91. The van der Waals surface area contributed by atoms with Gasteiger partial charge in [-0.05, 0) is 40.2 Å². The zero-order chi connectivity index (χ0) is 13.6. The predicted molar refractivity (Wildman–Crippen MR) is 77.3 cm³/mol. The molecular formula is C12H20ClN3O2S. The topological polar surface area (TPSA) is 58.5 Å². The molecule has 0 atom stereocenters. The van der Waals surface area contributed by atoms with E-state index in [0.717, 1.165) is 23.0 Å². The summed E-state index contributed by atoms with van der Waals surface area (Å²) in [6.07, 6.45) is 2.04. The summed E-state index contributed by atoms with van der Waals surface area (Å²) >= 11 is 1.14. The fourth-order valence-electron chi connectivity index (χ4n) is 2.24. The minimum Gasteiger partial charge on any atom is -0.471 e. The molecule has 0 amide bonds. The van der Waals surface area contributed by atoms with Gasteiger partial charge in [-0.15, -0.1) is 16.8 Å². The molecule has 5 nitrogen and oxygen atoms in total. The van der Waals surface area contributed by atoms with Crippen LogP contribution in [0.3, 0.4) is 0 Å². The summed E-state index contributed by atoms with van der Waals surface area (Å²) in [6, 6.07) is 0. The SMILES string of the molecule is Cc1nsnc1OCC1=CC(C)(C)N(O)C1(C)C.Cl. The first kappa shape index (κ1) is 16.4. The minimum absolute atomic E-state index is 0. The number of hydrogen-bond donors (Lipinski definition) is 1. The highest BCUT2D eigenvalue weighted by Gasteiger charge is 2.45. The second-order valence-corrected chi connectivity index (χ2v) is 6.17. The maximum atomic E-state index is 10.2. The van der Waals surface area contributed by atoms with Crippen LogP contribution in [-0.4, -0.2) is 36.7 Å². The summed E-state index contributed by atoms with van der Waals surface area (Å²) in [5.74, 6) is 0.575. The van der Waals surface area contributed by atoms with Crippen LogP contribution in [0.1, 0.15) is 33.4 Å². The zero-order valence-corrected chi connectivity index (χ0v) is 13.4. The molecule has 7 heteroatoms. The van der Waals surface area contributed by atoms with Crippen molar-refractivity contribution in [2.75, 3.05) is 6.61 Å². The Kier molecular flexibility index (Phi) is 4.62. The van der Waals surface area contributed by atoms with Gasteiger partial charge in [0.1, 0.15) is 12.3 Å². The number of hydrogen-bond acceptors (Lipinski definition) is 6. The lowest BCUT2D eigenvalue weighted by atomic mass is 9.97. The van der Waals surface area contributed by atoms with Gasteiger partial charge in [-0.2, -0.15) is 9.44 Å². The van der Waals surface area contributed by atoms with Gasteiger partial charge in [-0.3, -0.25) is 0 Å². The lowest BCUT2D eigenvalue weighted by Crippen LogP contribution is -2.48. The van der Waals surface area contributed by atoms with Gasteiger partial charge in [0.2, 0.25) is 5.88 Å². The van der Waals surface area contributed by atoms with Crippen molar-refractivity contribution in [1.82, 2.24) is 13.8 Å². The highest BCUT2D eigenvalue weighted by atomic mass is 35.5. The summed E-state index contributed by atoms with van der Waals surface area (Å²) < 4.78 is 13.8. The van der Waals surface area contributed by atoms with Crippen molar-refractivity contribution in [3.63, 3.8) is 0 Å². The van der Waals surface area contributed by atoms with Crippen molar-refractivity contribution in [3.8, 4) is 5.88 Å². The van der Waals surface area contributed by atoms with E-state index in [2.05, 4.69) is 8.75 Å². The molecule has 0 fully saturated rings. The normalized spacial score (nSPS) is 20.8. The first-order chi connectivity index (χ1) is 8.25. The molecule has 2 rings (SSSR count). The molecular weight excluding hydrogens is 286 g/mol. The molecule has 1 aliphatic heterocycles. The Bertz CT molecular complexity index is 485. The number of aromatic nitrogens is 2. The number of hydroxylamine groups is 2. The molecule has 1 aromatic rings. The summed E-state index contributed by atoms with van der Waals surface area (Å²) in [5, 5.41) is 11.5. The third-order valence-electron chi connectivity index (χ3n) is 3.36. The largest absolute Gasteiger partial charge is 0.471 e. The lowest BCUT2D eigenvalue weighted by Gasteiger charge is -2.36. The summed E-state index contributed by atoms with van der Waals surface area (Å²) in [7, 11) is 0. The molecule has 0 radical (unpaired) electrons. The quantitative estimate of drug-likeness (QED) is 0.870. The minimum atomic E-state index is -0.430. The van der Waals surface area contributed by atoms with Crippen LogP contribution in [0.5, 0.6) is 5.88 Å². The van der Waals surface area contributed by atoms with Crippen molar-refractivity contribution in [2.45, 2.75) is 45.7 Å². The van der Waals surface area contributed by atoms with E-state index in [-0.39, 0.29) is 17.9 Å². The van der Waals surface area contributed by atoms with Crippen LogP contribution < -0.4 is 4.74 Å². The molecule has 0 saturated carbocycles. The number of halogens is 1. The van der Waals surface area contributed by atoms with E-state index in [1.165, 1.54) is 5.06 Å². The van der Waals surface area contributed by atoms with Crippen LogP contribution in [0.4, 0.5) is 0 Å². The van der Waals surface area contributed by atoms with E-state index in [4.69, 9.17) is 4.74 Å². The van der Waals surface area contributed by atoms with E-state index in [0.29, 0.717) is 12.5 Å². The smallest absolute Gasteiger partial charge is 0.249 e. The van der Waals surface area contributed by atoms with Gasteiger partial charge in [0.25, 0.3) is 0 Å². The second-order valence-electron chi connectivity index (χ2n) is 5.64. The fourth-order valence-corrected chi connectivity index (χ4v) is 2.74. The number of rotatable bonds is 3. The summed E-state index contributed by atoms with van der Waals surface area (Å²) in [4.78, 5) is 0. The van der Waals surface area contributed by atoms with E-state index < -0.39 is 5.54 Å². The number of aryl methyl sites for hydroxylation is 1. The molecule has 0 saturated heterocycles. The molecule has 0 aliphatic carbocycles. The first-order valence-corrected chi connectivity index (χ1v) is 6.61. The predicted octanol–water partition coefficient (Wildman–Crippen LogP) is 2.84. The van der Waals surface area contributed by atoms with Crippen molar-refractivity contribution in [1.29, 1.82) is 0 Å². The molecule has 0 unspecified atom stereocenters. The van der Waals surface area contributed by atoms with Gasteiger partial charge in [-0.1, -0.05) is 6.08 Å². The van der Waals surface area contributed by atoms with E-state index in [9.17, 15) is 5.21 Å². The first-order valence-electron chi connectivity index (χ1n) is 5.88. The summed E-state index contributed by atoms with van der Waals surface area (Å²) in [5.41, 5.74) is 1.04. The molecule has 2 heterocycles. The maximum Gasteiger partial charge on any atom is 0.249 e. The molecule has 19 heavy (non-hydrogen) atoms. The Balaban J connectivity index is 0.00000180.